The Balaban J connectivity index is 1.98. The van der Waals surface area contributed by atoms with Gasteiger partial charge in [0.1, 0.15) is 7.67 Å². The molecule has 1 aromatic rings. The van der Waals surface area contributed by atoms with E-state index < -0.39 is 0 Å². The summed E-state index contributed by atoms with van der Waals surface area (Å²) < 4.78 is 10.5. The molecule has 0 radical (unpaired) electrons. The number of halogens is 1. The van der Waals surface area contributed by atoms with Crippen molar-refractivity contribution in [2.45, 2.75) is 13.8 Å². The Bertz CT molecular complexity index is 822. The molecule has 0 saturated carbocycles. The van der Waals surface area contributed by atoms with Crippen LogP contribution in [0.1, 0.15) is 13.8 Å². The molecule has 0 nitrogen and oxygen atoms in total. The summed E-state index contributed by atoms with van der Waals surface area (Å²) in [7, 11) is 0. The maximum atomic E-state index is 5.63. The summed E-state index contributed by atoms with van der Waals surface area (Å²) in [6.45, 7) is 4.44. The van der Waals surface area contributed by atoms with Crippen LogP contribution in [-0.4, -0.2) is 11.5 Å². The quantitative estimate of drug-likeness (QED) is 0.362. The predicted molar refractivity (Wildman–Crippen MR) is 130 cm³/mol. The fourth-order valence-electron chi connectivity index (χ4n) is 1.63. The summed E-state index contributed by atoms with van der Waals surface area (Å²) in [6.07, 6.45) is 0. The molecule has 124 valence electrons. The molecule has 0 unspecified atom stereocenters. The zero-order chi connectivity index (χ0) is 16.4. The van der Waals surface area contributed by atoms with Gasteiger partial charge >= 0.3 is 0 Å². The van der Waals surface area contributed by atoms with E-state index in [9.17, 15) is 0 Å². The molecule has 2 aliphatic heterocycles. The van der Waals surface area contributed by atoms with Crippen molar-refractivity contribution >= 4 is 130 Å². The minimum absolute atomic E-state index is 1.02. The third-order valence-electron chi connectivity index (χ3n) is 2.45. The summed E-state index contributed by atoms with van der Waals surface area (Å²) in [4.78, 5) is 0. The van der Waals surface area contributed by atoms with Crippen LogP contribution in [0, 0.1) is 3.82 Å². The molecule has 0 bridgehead atoms. The van der Waals surface area contributed by atoms with Crippen molar-refractivity contribution in [3.8, 4) is 0 Å². The molecule has 0 aliphatic carbocycles. The third kappa shape index (κ3) is 4.87. The lowest BCUT2D eigenvalue weighted by Crippen LogP contribution is -1.96. The van der Waals surface area contributed by atoms with Crippen LogP contribution in [-0.2, 0) is 0 Å². The van der Waals surface area contributed by atoms with Gasteiger partial charge in [0.25, 0.3) is 0 Å². The lowest BCUT2D eigenvalue weighted by atomic mass is 10.9. The molecule has 3 rings (SSSR count). The second-order valence-corrected chi connectivity index (χ2v) is 15.9. The van der Waals surface area contributed by atoms with Gasteiger partial charge in [0.15, 0.2) is 0 Å². The van der Waals surface area contributed by atoms with E-state index in [1.807, 2.05) is 58.4 Å². The summed E-state index contributed by atoms with van der Waals surface area (Å²) in [6, 6.07) is 0. The Kier molecular flexibility index (Phi) is 8.03. The first-order valence-corrected chi connectivity index (χ1v) is 14.7. The Morgan fingerprint density at radius 3 is 2.17 bits per heavy atom. The van der Waals surface area contributed by atoms with Crippen molar-refractivity contribution in [1.82, 2.24) is 0 Å². The van der Waals surface area contributed by atoms with E-state index in [4.69, 9.17) is 12.2 Å². The van der Waals surface area contributed by atoms with Crippen molar-refractivity contribution in [2.75, 3.05) is 11.5 Å². The first-order valence-electron chi connectivity index (χ1n) is 6.56. The highest BCUT2D eigenvalue weighted by molar-refractivity contribution is 9.14. The van der Waals surface area contributed by atoms with E-state index in [2.05, 4.69) is 35.2 Å². The zero-order valence-electron chi connectivity index (χ0n) is 12.0. The standard InChI is InChI=1S/C13H11BrS9/c1-3-16-10-11(17-4-2)23-13(22-10)12-20-7(8(15)21-12)9-18-5-6(14)19-9/h5H,3-4H2,1-2H3/b9-7-. The van der Waals surface area contributed by atoms with E-state index in [0.717, 1.165) is 15.3 Å². The average Bonchev–Trinajstić information content (AvgIpc) is 3.20. The molecule has 0 aromatic carbocycles. The molecular weight excluding hydrogens is 525 g/mol. The number of rotatable bonds is 4. The van der Waals surface area contributed by atoms with Gasteiger partial charge in [0.05, 0.1) is 25.3 Å². The summed E-state index contributed by atoms with van der Waals surface area (Å²) in [5, 5.41) is 2.14. The van der Waals surface area contributed by atoms with Crippen LogP contribution in [0.25, 0.3) is 8.47 Å². The second kappa shape index (κ2) is 9.32. The van der Waals surface area contributed by atoms with Crippen LogP contribution < -0.4 is 8.38 Å². The molecule has 0 fully saturated rings. The lowest BCUT2D eigenvalue weighted by molar-refractivity contribution is 1.53. The van der Waals surface area contributed by atoms with Gasteiger partial charge in [-0.3, -0.25) is 0 Å². The van der Waals surface area contributed by atoms with Crippen molar-refractivity contribution < 1.29 is 0 Å². The average molecular weight is 536 g/mol. The normalized spacial score (nSPS) is 20.7. The van der Waals surface area contributed by atoms with Crippen LogP contribution in [0.2, 0.25) is 0 Å². The molecule has 0 saturated heterocycles. The van der Waals surface area contributed by atoms with Gasteiger partial charge in [0, 0.05) is 0 Å². The molecule has 2 aliphatic rings. The predicted octanol–water partition coefficient (Wildman–Crippen LogP) is 7.46. The van der Waals surface area contributed by atoms with Gasteiger partial charge in [0.2, 0.25) is 0 Å². The van der Waals surface area contributed by atoms with E-state index in [1.165, 1.54) is 29.1 Å². The van der Waals surface area contributed by atoms with E-state index in [0.29, 0.717) is 0 Å². The summed E-state index contributed by atoms with van der Waals surface area (Å²) in [5.41, 5.74) is 0. The van der Waals surface area contributed by atoms with Gasteiger partial charge in [-0.15, -0.1) is 46.2 Å². The van der Waals surface area contributed by atoms with Crippen molar-refractivity contribution in [3.63, 3.8) is 0 Å². The van der Waals surface area contributed by atoms with Gasteiger partial charge in [-0.25, -0.2) is 0 Å². The topological polar surface area (TPSA) is 0 Å². The molecule has 0 amide bonds. The molecule has 0 N–H and O–H groups in total. The lowest BCUT2D eigenvalue weighted by Gasteiger charge is -1.99. The SMILES string of the molecule is CCSC1=C(SCC)SC(=c2sc(=S)/c(=C3\SC=C(Br)S3)s2)S1. The summed E-state index contributed by atoms with van der Waals surface area (Å²) in [5.74, 6) is 2.25. The first-order chi connectivity index (χ1) is 11.1. The van der Waals surface area contributed by atoms with Crippen LogP contribution in [0.4, 0.5) is 0 Å². The van der Waals surface area contributed by atoms with Crippen LogP contribution in [0.15, 0.2) is 17.7 Å². The van der Waals surface area contributed by atoms with Gasteiger partial charge in [-0.05, 0) is 32.8 Å². The van der Waals surface area contributed by atoms with Crippen LogP contribution >= 0.6 is 121 Å². The van der Waals surface area contributed by atoms with Crippen LogP contribution in [0.5, 0.6) is 0 Å². The second-order valence-electron chi connectivity index (χ2n) is 3.97. The molecular formula is C13H11BrS9. The number of thioether (sulfide) groups is 6. The van der Waals surface area contributed by atoms with Crippen molar-refractivity contribution in [1.29, 1.82) is 0 Å². The molecule has 1 aromatic heterocycles. The number of hydrogen-bond donors (Lipinski definition) is 0. The molecule has 10 heteroatoms. The maximum absolute atomic E-state index is 5.63. The number of hydrogen-bond acceptors (Lipinski definition) is 9. The highest BCUT2D eigenvalue weighted by Gasteiger charge is 2.23. The fraction of sp³-hybridized carbons (Fsp3) is 0.308. The highest BCUT2D eigenvalue weighted by Crippen LogP contribution is 2.57. The van der Waals surface area contributed by atoms with E-state index in [1.54, 1.807) is 34.9 Å². The van der Waals surface area contributed by atoms with Gasteiger partial charge < -0.3 is 0 Å². The molecule has 0 spiro atoms. The van der Waals surface area contributed by atoms with E-state index >= 15 is 0 Å². The Morgan fingerprint density at radius 1 is 1.00 bits per heavy atom. The Labute approximate surface area is 183 Å². The Hall–Kier alpha value is 2.07. The fourth-order valence-corrected chi connectivity index (χ4v) is 13.9. The minimum Gasteiger partial charge on any atom is -0.119 e. The third-order valence-corrected chi connectivity index (χ3v) is 14.7. The first kappa shape index (κ1) is 19.8. The smallest absolute Gasteiger partial charge is 0.110 e. The van der Waals surface area contributed by atoms with E-state index in [-0.39, 0.29) is 0 Å². The van der Waals surface area contributed by atoms with Crippen molar-refractivity contribution in [2.24, 2.45) is 0 Å². The molecule has 0 atom stereocenters. The zero-order valence-corrected chi connectivity index (χ0v) is 21.0. The van der Waals surface area contributed by atoms with Gasteiger partial charge in [-0.1, -0.05) is 73.1 Å². The minimum atomic E-state index is 1.02. The maximum Gasteiger partial charge on any atom is 0.110 e. The largest absolute Gasteiger partial charge is 0.119 e. The summed E-state index contributed by atoms with van der Waals surface area (Å²) >= 11 is 24.1. The monoisotopic (exact) mass is 534 g/mol. The van der Waals surface area contributed by atoms with Crippen molar-refractivity contribution in [3.05, 3.63) is 29.9 Å². The molecule has 23 heavy (non-hydrogen) atoms. The van der Waals surface area contributed by atoms with Gasteiger partial charge in [-0.2, -0.15) is 0 Å². The Morgan fingerprint density at radius 2 is 1.65 bits per heavy atom. The van der Waals surface area contributed by atoms with Crippen LogP contribution in [0.3, 0.4) is 0 Å². The molecule has 3 heterocycles. The highest BCUT2D eigenvalue weighted by atomic mass is 79.9.